The average molecular weight is 442 g/mol. The zero-order valence-electron chi connectivity index (χ0n) is 10.1. The fraction of sp³-hybridized carbons (Fsp3) is 0.154. The minimum absolute atomic E-state index is 0.365. The van der Waals surface area contributed by atoms with Crippen LogP contribution in [0.5, 0.6) is 11.5 Å². The number of rotatable bonds is 5. The molecule has 0 unspecified atom stereocenters. The van der Waals surface area contributed by atoms with E-state index in [1.807, 2.05) is 6.07 Å². The molecular formula is C13H9Br2Cl2NO2. The summed E-state index contributed by atoms with van der Waals surface area (Å²) in [5, 5.41) is 1.05. The third kappa shape index (κ3) is 4.52. The van der Waals surface area contributed by atoms with Crippen molar-refractivity contribution < 1.29 is 9.47 Å². The van der Waals surface area contributed by atoms with Crippen molar-refractivity contribution in [2.75, 3.05) is 13.2 Å². The van der Waals surface area contributed by atoms with Gasteiger partial charge in [0.15, 0.2) is 5.75 Å². The van der Waals surface area contributed by atoms with E-state index < -0.39 is 0 Å². The maximum Gasteiger partial charge on any atom is 0.152 e. The summed E-state index contributed by atoms with van der Waals surface area (Å²) in [6.07, 6.45) is 0. The molecule has 2 aromatic rings. The molecule has 0 aliphatic rings. The summed E-state index contributed by atoms with van der Waals surface area (Å²) in [6.45, 7) is 0.741. The van der Waals surface area contributed by atoms with E-state index in [0.717, 1.165) is 4.60 Å². The van der Waals surface area contributed by atoms with Gasteiger partial charge in [-0.05, 0) is 62.2 Å². The van der Waals surface area contributed by atoms with Gasteiger partial charge in [-0.3, -0.25) is 0 Å². The quantitative estimate of drug-likeness (QED) is 0.461. The van der Waals surface area contributed by atoms with Crippen molar-refractivity contribution in [3.05, 3.63) is 49.6 Å². The Morgan fingerprint density at radius 2 is 1.60 bits per heavy atom. The molecule has 3 nitrogen and oxygen atoms in total. The van der Waals surface area contributed by atoms with Crippen molar-refractivity contribution in [2.24, 2.45) is 0 Å². The van der Waals surface area contributed by atoms with E-state index in [-0.39, 0.29) is 0 Å². The highest BCUT2D eigenvalue weighted by atomic mass is 79.9. The lowest BCUT2D eigenvalue weighted by molar-refractivity contribution is 0.216. The molecule has 0 spiro atoms. The Morgan fingerprint density at radius 3 is 2.25 bits per heavy atom. The first-order chi connectivity index (χ1) is 9.56. The zero-order chi connectivity index (χ0) is 14.5. The topological polar surface area (TPSA) is 31.4 Å². The van der Waals surface area contributed by atoms with Crippen LogP contribution in [0.2, 0.25) is 10.0 Å². The molecule has 0 saturated heterocycles. The first kappa shape index (κ1) is 15.9. The second kappa shape index (κ2) is 7.50. The number of halogens is 4. The third-order valence-corrected chi connectivity index (χ3v) is 3.81. The molecule has 0 bridgehead atoms. The Morgan fingerprint density at radius 1 is 0.950 bits per heavy atom. The molecule has 0 saturated carbocycles. The van der Waals surface area contributed by atoms with Crippen LogP contribution in [0.1, 0.15) is 0 Å². The first-order valence-electron chi connectivity index (χ1n) is 5.59. The van der Waals surface area contributed by atoms with Crippen LogP contribution in [0.15, 0.2) is 39.5 Å². The second-order valence-corrected chi connectivity index (χ2v) is 6.10. The molecular weight excluding hydrogens is 433 g/mol. The van der Waals surface area contributed by atoms with Crippen molar-refractivity contribution in [2.45, 2.75) is 0 Å². The van der Waals surface area contributed by atoms with Crippen LogP contribution >= 0.6 is 55.1 Å². The van der Waals surface area contributed by atoms with Crippen molar-refractivity contribution in [3.8, 4) is 11.5 Å². The van der Waals surface area contributed by atoms with Gasteiger partial charge in [0, 0.05) is 5.02 Å². The summed E-state index contributed by atoms with van der Waals surface area (Å²) in [5.41, 5.74) is 0. The lowest BCUT2D eigenvalue weighted by Crippen LogP contribution is -2.09. The van der Waals surface area contributed by atoms with Crippen molar-refractivity contribution >= 4 is 55.1 Å². The van der Waals surface area contributed by atoms with Crippen LogP contribution in [0, 0.1) is 0 Å². The fourth-order valence-electron chi connectivity index (χ4n) is 1.40. The largest absolute Gasteiger partial charge is 0.488 e. The maximum atomic E-state index is 6.00. The first-order valence-corrected chi connectivity index (χ1v) is 7.93. The minimum atomic E-state index is 0.365. The number of ether oxygens (including phenoxy) is 2. The minimum Gasteiger partial charge on any atom is -0.488 e. The SMILES string of the molecule is Clc1ccc(OCCOc2ccc(Br)nc2Br)c(Cl)c1. The molecule has 1 aromatic carbocycles. The Balaban J connectivity index is 1.84. The molecule has 1 heterocycles. The number of pyridine rings is 1. The highest BCUT2D eigenvalue weighted by molar-refractivity contribution is 9.11. The molecule has 0 aliphatic carbocycles. The van der Waals surface area contributed by atoms with Gasteiger partial charge in [-0.15, -0.1) is 0 Å². The second-order valence-electron chi connectivity index (χ2n) is 3.69. The highest BCUT2D eigenvalue weighted by Crippen LogP contribution is 2.28. The maximum absolute atomic E-state index is 6.00. The summed E-state index contributed by atoms with van der Waals surface area (Å²) < 4.78 is 12.4. The van der Waals surface area contributed by atoms with Crippen molar-refractivity contribution in [1.29, 1.82) is 0 Å². The van der Waals surface area contributed by atoms with Gasteiger partial charge in [-0.2, -0.15) is 0 Å². The molecule has 0 amide bonds. The van der Waals surface area contributed by atoms with Crippen LogP contribution < -0.4 is 9.47 Å². The highest BCUT2D eigenvalue weighted by Gasteiger charge is 2.05. The van der Waals surface area contributed by atoms with E-state index in [4.69, 9.17) is 32.7 Å². The third-order valence-electron chi connectivity index (χ3n) is 2.27. The molecule has 1 aromatic heterocycles. The Kier molecular flexibility index (Phi) is 5.96. The molecule has 106 valence electrons. The lowest BCUT2D eigenvalue weighted by atomic mass is 10.3. The van der Waals surface area contributed by atoms with Gasteiger partial charge in [0.05, 0.1) is 5.02 Å². The summed E-state index contributed by atoms with van der Waals surface area (Å²) >= 11 is 18.4. The van der Waals surface area contributed by atoms with E-state index in [0.29, 0.717) is 39.4 Å². The van der Waals surface area contributed by atoms with Gasteiger partial charge in [0.1, 0.15) is 28.2 Å². The fourth-order valence-corrected chi connectivity index (χ4v) is 2.85. The number of hydrogen-bond acceptors (Lipinski definition) is 3. The standard InChI is InChI=1S/C13H9Br2Cl2NO2/c14-12-4-3-11(13(15)18-12)20-6-5-19-10-2-1-8(16)7-9(10)17/h1-4,7H,5-6H2. The Hall–Kier alpha value is -0.490. The zero-order valence-corrected chi connectivity index (χ0v) is 14.8. The van der Waals surface area contributed by atoms with Crippen LogP contribution in [-0.4, -0.2) is 18.2 Å². The summed E-state index contributed by atoms with van der Waals surface area (Å²) in [6, 6.07) is 8.70. The van der Waals surface area contributed by atoms with E-state index in [1.165, 1.54) is 0 Å². The van der Waals surface area contributed by atoms with Crippen molar-refractivity contribution in [1.82, 2.24) is 4.98 Å². The van der Waals surface area contributed by atoms with E-state index >= 15 is 0 Å². The average Bonchev–Trinajstić information content (AvgIpc) is 2.39. The molecule has 7 heteroatoms. The van der Waals surface area contributed by atoms with E-state index in [9.17, 15) is 0 Å². The molecule has 0 aliphatic heterocycles. The monoisotopic (exact) mass is 439 g/mol. The summed E-state index contributed by atoms with van der Waals surface area (Å²) in [5.74, 6) is 1.23. The van der Waals surface area contributed by atoms with Crippen LogP contribution in [0.4, 0.5) is 0 Å². The van der Waals surface area contributed by atoms with Gasteiger partial charge in [0.25, 0.3) is 0 Å². The normalized spacial score (nSPS) is 10.4. The molecule has 2 rings (SSSR count). The van der Waals surface area contributed by atoms with Gasteiger partial charge in [-0.1, -0.05) is 23.2 Å². The molecule has 0 N–H and O–H groups in total. The number of nitrogens with zero attached hydrogens (tertiary/aromatic N) is 1. The molecule has 0 fully saturated rings. The summed E-state index contributed by atoms with van der Waals surface area (Å²) in [7, 11) is 0. The van der Waals surface area contributed by atoms with Gasteiger partial charge in [-0.25, -0.2) is 4.98 Å². The van der Waals surface area contributed by atoms with Gasteiger partial charge >= 0.3 is 0 Å². The number of benzene rings is 1. The predicted molar refractivity (Wildman–Crippen MR) is 87.1 cm³/mol. The molecule has 0 radical (unpaired) electrons. The smallest absolute Gasteiger partial charge is 0.152 e. The summed E-state index contributed by atoms with van der Waals surface area (Å²) in [4.78, 5) is 4.17. The Labute approximate surface area is 143 Å². The number of aromatic nitrogens is 1. The van der Waals surface area contributed by atoms with E-state index in [1.54, 1.807) is 24.3 Å². The molecule has 0 atom stereocenters. The number of hydrogen-bond donors (Lipinski definition) is 0. The van der Waals surface area contributed by atoms with Crippen LogP contribution in [-0.2, 0) is 0 Å². The van der Waals surface area contributed by atoms with Crippen molar-refractivity contribution in [3.63, 3.8) is 0 Å². The van der Waals surface area contributed by atoms with Gasteiger partial charge < -0.3 is 9.47 Å². The predicted octanol–water partition coefficient (Wildman–Crippen LogP) is 5.37. The van der Waals surface area contributed by atoms with Crippen LogP contribution in [0.3, 0.4) is 0 Å². The van der Waals surface area contributed by atoms with E-state index in [2.05, 4.69) is 36.8 Å². The lowest BCUT2D eigenvalue weighted by Gasteiger charge is -2.10. The Bertz CT molecular complexity index is 557. The van der Waals surface area contributed by atoms with Crippen LogP contribution in [0.25, 0.3) is 0 Å². The molecule has 20 heavy (non-hydrogen) atoms. The van der Waals surface area contributed by atoms with Gasteiger partial charge in [0.2, 0.25) is 0 Å².